The van der Waals surface area contributed by atoms with Crippen LogP contribution in [0.15, 0.2) is 48.7 Å². The maximum Gasteiger partial charge on any atom is 0.227 e. The fraction of sp³-hybridized carbons (Fsp3) is 0.458. The van der Waals surface area contributed by atoms with Crippen LogP contribution >= 0.6 is 11.3 Å². The van der Waals surface area contributed by atoms with E-state index < -0.39 is 0 Å². The summed E-state index contributed by atoms with van der Waals surface area (Å²) in [5, 5.41) is 1.00. The second kappa shape index (κ2) is 8.72. The predicted octanol–water partition coefficient (Wildman–Crippen LogP) is 4.39. The normalized spacial score (nSPS) is 20.6. The third-order valence-corrected chi connectivity index (χ3v) is 7.53. The van der Waals surface area contributed by atoms with Crippen LogP contribution < -0.4 is 4.90 Å². The molecule has 0 saturated carbocycles. The number of hydrogen-bond acceptors (Lipinski definition) is 5. The molecule has 0 spiro atoms. The molecule has 156 valence electrons. The molecule has 1 atom stereocenters. The number of benzene rings is 1. The standard InChI is InChI=1S/C24H28N4OS/c29-23(27-14-10-19(11-15-27)16-18-6-2-1-3-7-18)20-8-5-13-28(17-20)24-26-21-9-4-12-25-22(21)30-24/h1-4,6-7,9,12,19-20H,5,8,10-11,13-17H2/t20-/m1/s1. The molecular weight excluding hydrogens is 392 g/mol. The van der Waals surface area contributed by atoms with Gasteiger partial charge in [-0.05, 0) is 55.7 Å². The highest BCUT2D eigenvalue weighted by Crippen LogP contribution is 2.31. The van der Waals surface area contributed by atoms with E-state index in [1.807, 2.05) is 18.3 Å². The van der Waals surface area contributed by atoms with Crippen LogP contribution in [-0.2, 0) is 11.2 Å². The summed E-state index contributed by atoms with van der Waals surface area (Å²) in [4.78, 5) is 27.8. The number of amides is 1. The zero-order valence-electron chi connectivity index (χ0n) is 17.2. The topological polar surface area (TPSA) is 49.3 Å². The van der Waals surface area contributed by atoms with Crippen molar-refractivity contribution in [2.24, 2.45) is 11.8 Å². The summed E-state index contributed by atoms with van der Waals surface area (Å²) in [5.74, 6) is 1.12. The molecule has 2 aromatic heterocycles. The van der Waals surface area contributed by atoms with E-state index in [1.165, 1.54) is 5.56 Å². The Labute approximate surface area is 181 Å². The van der Waals surface area contributed by atoms with Crippen molar-refractivity contribution in [3.05, 3.63) is 54.2 Å². The maximum atomic E-state index is 13.2. The van der Waals surface area contributed by atoms with E-state index in [0.717, 1.165) is 73.8 Å². The van der Waals surface area contributed by atoms with E-state index in [0.29, 0.717) is 11.8 Å². The Balaban J connectivity index is 1.18. The fourth-order valence-corrected chi connectivity index (χ4v) is 5.75. The first-order chi connectivity index (χ1) is 14.8. The number of thiazole rings is 1. The SMILES string of the molecule is O=C([C@@H]1CCCN(c2nc3cccnc3s2)C1)N1CCC(Cc2ccccc2)CC1. The van der Waals surface area contributed by atoms with Gasteiger partial charge in [-0.25, -0.2) is 9.97 Å². The average molecular weight is 421 g/mol. The molecule has 6 heteroatoms. The lowest BCUT2D eigenvalue weighted by Gasteiger charge is -2.37. The van der Waals surface area contributed by atoms with E-state index in [4.69, 9.17) is 4.98 Å². The van der Waals surface area contributed by atoms with E-state index in [-0.39, 0.29) is 5.92 Å². The van der Waals surface area contributed by atoms with Crippen LogP contribution in [0.2, 0.25) is 0 Å². The van der Waals surface area contributed by atoms with Gasteiger partial charge in [-0.15, -0.1) is 0 Å². The van der Waals surface area contributed by atoms with Gasteiger partial charge in [0.15, 0.2) is 5.13 Å². The van der Waals surface area contributed by atoms with Crippen molar-refractivity contribution in [3.63, 3.8) is 0 Å². The molecule has 2 aliphatic heterocycles. The molecule has 4 heterocycles. The highest BCUT2D eigenvalue weighted by Gasteiger charge is 2.32. The molecule has 0 N–H and O–H groups in total. The number of pyridine rings is 1. The molecule has 3 aromatic rings. The number of aromatic nitrogens is 2. The van der Waals surface area contributed by atoms with Crippen LogP contribution in [0.25, 0.3) is 10.3 Å². The van der Waals surface area contributed by atoms with Crippen LogP contribution in [0, 0.1) is 11.8 Å². The van der Waals surface area contributed by atoms with Gasteiger partial charge in [-0.1, -0.05) is 41.7 Å². The Bertz CT molecular complexity index is 964. The second-order valence-corrected chi connectivity index (χ2v) is 9.52. The minimum Gasteiger partial charge on any atom is -0.347 e. The first-order valence-electron chi connectivity index (χ1n) is 11.1. The number of carbonyl (C=O) groups excluding carboxylic acids is 1. The third-order valence-electron chi connectivity index (χ3n) is 6.49. The zero-order valence-corrected chi connectivity index (χ0v) is 18.1. The first-order valence-corrected chi connectivity index (χ1v) is 11.9. The summed E-state index contributed by atoms with van der Waals surface area (Å²) in [5.41, 5.74) is 2.36. The van der Waals surface area contributed by atoms with E-state index in [2.05, 4.69) is 45.1 Å². The van der Waals surface area contributed by atoms with Crippen LogP contribution in [0.5, 0.6) is 0 Å². The molecule has 5 rings (SSSR count). The third kappa shape index (κ3) is 4.19. The Morgan fingerprint density at radius 2 is 1.87 bits per heavy atom. The molecule has 2 saturated heterocycles. The Morgan fingerprint density at radius 1 is 1.03 bits per heavy atom. The number of anilines is 1. The van der Waals surface area contributed by atoms with Crippen LogP contribution in [0.1, 0.15) is 31.2 Å². The molecule has 2 fully saturated rings. The Hall–Kier alpha value is -2.47. The summed E-state index contributed by atoms with van der Waals surface area (Å²) in [6.45, 7) is 3.56. The highest BCUT2D eigenvalue weighted by atomic mass is 32.1. The molecular formula is C24H28N4OS. The van der Waals surface area contributed by atoms with E-state index in [9.17, 15) is 4.79 Å². The lowest BCUT2D eigenvalue weighted by atomic mass is 9.89. The number of carbonyl (C=O) groups is 1. The van der Waals surface area contributed by atoms with Crippen molar-refractivity contribution in [3.8, 4) is 0 Å². The van der Waals surface area contributed by atoms with Gasteiger partial charge in [-0.2, -0.15) is 0 Å². The van der Waals surface area contributed by atoms with Crippen molar-refractivity contribution < 1.29 is 4.79 Å². The number of nitrogens with zero attached hydrogens (tertiary/aromatic N) is 4. The summed E-state index contributed by atoms with van der Waals surface area (Å²) in [6, 6.07) is 14.7. The lowest BCUT2D eigenvalue weighted by Crippen LogP contribution is -2.47. The van der Waals surface area contributed by atoms with Crippen LogP contribution in [0.4, 0.5) is 5.13 Å². The maximum absolute atomic E-state index is 13.2. The lowest BCUT2D eigenvalue weighted by molar-refractivity contribution is -0.137. The second-order valence-electron chi connectivity index (χ2n) is 8.57. The van der Waals surface area contributed by atoms with Crippen molar-refractivity contribution in [2.75, 3.05) is 31.1 Å². The first kappa shape index (κ1) is 19.5. The van der Waals surface area contributed by atoms with Gasteiger partial charge in [0, 0.05) is 32.4 Å². The molecule has 0 unspecified atom stereocenters. The van der Waals surface area contributed by atoms with Gasteiger partial charge in [0.05, 0.1) is 5.92 Å². The Morgan fingerprint density at radius 3 is 2.67 bits per heavy atom. The Kier molecular flexibility index (Phi) is 5.67. The van der Waals surface area contributed by atoms with Crippen molar-refractivity contribution in [2.45, 2.75) is 32.1 Å². The number of likely N-dealkylation sites (tertiary alicyclic amines) is 1. The molecule has 0 bridgehead atoms. The average Bonchev–Trinajstić information content (AvgIpc) is 3.24. The predicted molar refractivity (Wildman–Crippen MR) is 122 cm³/mol. The minimum absolute atomic E-state index is 0.0874. The molecule has 1 aromatic carbocycles. The smallest absolute Gasteiger partial charge is 0.227 e. The van der Waals surface area contributed by atoms with Crippen molar-refractivity contribution in [1.82, 2.24) is 14.9 Å². The quantitative estimate of drug-likeness (QED) is 0.628. The largest absolute Gasteiger partial charge is 0.347 e. The van der Waals surface area contributed by atoms with Crippen LogP contribution in [-0.4, -0.2) is 47.0 Å². The molecule has 2 aliphatic rings. The fourth-order valence-electron chi connectivity index (χ4n) is 4.81. The van der Waals surface area contributed by atoms with Gasteiger partial charge < -0.3 is 9.80 Å². The number of hydrogen-bond donors (Lipinski definition) is 0. The van der Waals surface area contributed by atoms with Gasteiger partial charge >= 0.3 is 0 Å². The molecule has 0 radical (unpaired) electrons. The molecule has 0 aliphatic carbocycles. The summed E-state index contributed by atoms with van der Waals surface area (Å²) < 4.78 is 0. The number of piperidine rings is 2. The monoisotopic (exact) mass is 420 g/mol. The van der Waals surface area contributed by atoms with Gasteiger partial charge in [-0.3, -0.25) is 4.79 Å². The van der Waals surface area contributed by atoms with Crippen molar-refractivity contribution in [1.29, 1.82) is 0 Å². The van der Waals surface area contributed by atoms with Gasteiger partial charge in [0.1, 0.15) is 10.3 Å². The van der Waals surface area contributed by atoms with Crippen LogP contribution in [0.3, 0.4) is 0 Å². The molecule has 5 nitrogen and oxygen atoms in total. The van der Waals surface area contributed by atoms with E-state index >= 15 is 0 Å². The number of fused-ring (bicyclic) bond motifs is 1. The summed E-state index contributed by atoms with van der Waals surface area (Å²) >= 11 is 1.63. The summed E-state index contributed by atoms with van der Waals surface area (Å²) in [6.07, 6.45) is 7.20. The van der Waals surface area contributed by atoms with Gasteiger partial charge in [0.2, 0.25) is 5.91 Å². The molecule has 30 heavy (non-hydrogen) atoms. The highest BCUT2D eigenvalue weighted by molar-refractivity contribution is 7.21. The van der Waals surface area contributed by atoms with E-state index in [1.54, 1.807) is 11.3 Å². The number of rotatable bonds is 4. The zero-order chi connectivity index (χ0) is 20.3. The van der Waals surface area contributed by atoms with Crippen molar-refractivity contribution >= 4 is 32.7 Å². The van der Waals surface area contributed by atoms with Gasteiger partial charge in [0.25, 0.3) is 0 Å². The minimum atomic E-state index is 0.0874. The summed E-state index contributed by atoms with van der Waals surface area (Å²) in [7, 11) is 0. The molecule has 1 amide bonds.